The second-order valence-corrected chi connectivity index (χ2v) is 7.50. The number of nitrogens with one attached hydrogen (secondary N) is 1. The number of alkyl halides is 2. The van der Waals surface area contributed by atoms with Crippen molar-refractivity contribution in [1.82, 2.24) is 10.3 Å². The first-order chi connectivity index (χ1) is 14.9. The molecule has 0 unspecified atom stereocenters. The fraction of sp³-hybridized carbons (Fsp3) is 0.522. The number of hydrogen-bond donors (Lipinski definition) is 1. The lowest BCUT2D eigenvalue weighted by molar-refractivity contribution is -0.0965. The van der Waals surface area contributed by atoms with Gasteiger partial charge in [0.05, 0.1) is 12.7 Å². The van der Waals surface area contributed by atoms with Gasteiger partial charge >= 0.3 is 6.61 Å². The molecular weight excluding hydrogens is 404 g/mol. The number of allylic oxidation sites excluding steroid dienone is 3. The molecule has 1 aliphatic rings. The number of hydrogen-bond acceptors (Lipinski definition) is 5. The van der Waals surface area contributed by atoms with Gasteiger partial charge < -0.3 is 14.8 Å². The number of halogens is 2. The van der Waals surface area contributed by atoms with Gasteiger partial charge in [-0.15, -0.1) is 0 Å². The van der Waals surface area contributed by atoms with E-state index in [-0.39, 0.29) is 23.8 Å². The van der Waals surface area contributed by atoms with Crippen LogP contribution in [-0.4, -0.2) is 37.4 Å². The number of ether oxygens (including phenoxy) is 2. The van der Waals surface area contributed by atoms with Crippen LogP contribution in [0.2, 0.25) is 0 Å². The summed E-state index contributed by atoms with van der Waals surface area (Å²) in [6, 6.07) is 3.42. The van der Waals surface area contributed by atoms with Gasteiger partial charge in [0.2, 0.25) is 11.8 Å². The quantitative estimate of drug-likeness (QED) is 0.314. The van der Waals surface area contributed by atoms with Crippen LogP contribution in [0.5, 0.6) is 5.88 Å². The highest BCUT2D eigenvalue weighted by molar-refractivity contribution is 5.94. The zero-order valence-corrected chi connectivity index (χ0v) is 18.3. The fourth-order valence-corrected chi connectivity index (χ4v) is 4.08. The molecule has 0 bridgehead atoms. The van der Waals surface area contributed by atoms with Gasteiger partial charge in [-0.3, -0.25) is 4.79 Å². The van der Waals surface area contributed by atoms with Crippen molar-refractivity contribution < 1.29 is 23.0 Å². The molecule has 1 fully saturated rings. The number of pyridine rings is 1. The van der Waals surface area contributed by atoms with Crippen molar-refractivity contribution in [3.8, 4) is 5.88 Å². The van der Waals surface area contributed by atoms with Gasteiger partial charge in [0.25, 0.3) is 5.91 Å². The average molecular weight is 436 g/mol. The Morgan fingerprint density at radius 1 is 1.35 bits per heavy atom. The van der Waals surface area contributed by atoms with Crippen molar-refractivity contribution in [2.75, 3.05) is 7.11 Å². The van der Waals surface area contributed by atoms with Crippen molar-refractivity contribution >= 4 is 12.6 Å². The molecule has 31 heavy (non-hydrogen) atoms. The number of methoxy groups -OCH3 is 1. The third-order valence-electron chi connectivity index (χ3n) is 5.77. The maximum Gasteiger partial charge on any atom is 0.388 e. The largest absolute Gasteiger partial charge is 0.481 e. The summed E-state index contributed by atoms with van der Waals surface area (Å²) in [5, 5.41) is 3.14. The predicted molar refractivity (Wildman–Crippen MR) is 116 cm³/mol. The van der Waals surface area contributed by atoms with Gasteiger partial charge in [0.1, 0.15) is 0 Å². The van der Waals surface area contributed by atoms with Gasteiger partial charge in [0, 0.05) is 24.4 Å². The van der Waals surface area contributed by atoms with E-state index in [4.69, 9.17) is 4.74 Å². The van der Waals surface area contributed by atoms with E-state index in [1.165, 1.54) is 13.3 Å². The summed E-state index contributed by atoms with van der Waals surface area (Å²) in [6.45, 7) is 4.31. The molecule has 1 aliphatic carbocycles. The Labute approximate surface area is 182 Å². The maximum atomic E-state index is 12.6. The van der Waals surface area contributed by atoms with Crippen LogP contribution in [0.4, 0.5) is 8.78 Å². The topological polar surface area (TPSA) is 72.8 Å². The van der Waals surface area contributed by atoms with Crippen molar-refractivity contribution in [2.45, 2.75) is 58.6 Å². The standard InChI is InChI=1S/C23H31F2N3O3/c1-5-15(13-21(26-3)31-23(24)25)16-7-9-17(10-8-16)19(6-2)28-22(29)18-11-12-20(30-4)27-14-18/h5,11-14,16-17,19,23H,3,6-10H2,1-2,4H3,(H,28,29)/b15-5+,21-13+/t16-,17+,19-/m0/s1. The molecule has 0 spiro atoms. The fourth-order valence-electron chi connectivity index (χ4n) is 4.08. The van der Waals surface area contributed by atoms with Crippen LogP contribution in [-0.2, 0) is 4.74 Å². The summed E-state index contributed by atoms with van der Waals surface area (Å²) in [5.74, 6) is 0.736. The smallest absolute Gasteiger partial charge is 0.388 e. The zero-order chi connectivity index (χ0) is 22.8. The highest BCUT2D eigenvalue weighted by Gasteiger charge is 2.29. The number of rotatable bonds is 10. The molecule has 6 nitrogen and oxygen atoms in total. The summed E-state index contributed by atoms with van der Waals surface area (Å²) >= 11 is 0. The van der Waals surface area contributed by atoms with Gasteiger partial charge in [0.15, 0.2) is 0 Å². The van der Waals surface area contributed by atoms with E-state index in [2.05, 4.69) is 33.7 Å². The molecule has 1 amide bonds. The average Bonchev–Trinajstić information content (AvgIpc) is 2.80. The SMILES string of the molecule is C=N/C(=C\C(=C/C)[C@H]1CC[C@@H]([C@H](CC)NC(=O)c2ccc(OC)nc2)CC1)OC(F)F. The Kier molecular flexibility index (Phi) is 9.62. The number of nitrogens with zero attached hydrogens (tertiary/aromatic N) is 2. The molecule has 1 heterocycles. The van der Waals surface area contributed by atoms with Crippen molar-refractivity contribution in [3.05, 3.63) is 47.5 Å². The van der Waals surface area contributed by atoms with E-state index in [1.807, 2.05) is 13.0 Å². The van der Waals surface area contributed by atoms with Crippen LogP contribution in [0.15, 0.2) is 46.9 Å². The van der Waals surface area contributed by atoms with Crippen molar-refractivity contribution in [3.63, 3.8) is 0 Å². The number of carbonyl (C=O) groups excluding carboxylic acids is 1. The molecule has 0 aromatic carbocycles. The molecule has 1 N–H and O–H groups in total. The molecule has 1 atom stereocenters. The van der Waals surface area contributed by atoms with E-state index >= 15 is 0 Å². The van der Waals surface area contributed by atoms with Gasteiger partial charge in [-0.2, -0.15) is 8.78 Å². The van der Waals surface area contributed by atoms with Crippen LogP contribution in [0.1, 0.15) is 56.3 Å². The van der Waals surface area contributed by atoms with E-state index < -0.39 is 6.61 Å². The maximum absolute atomic E-state index is 12.6. The molecule has 170 valence electrons. The molecular formula is C23H31F2N3O3. The third kappa shape index (κ3) is 7.15. The minimum atomic E-state index is -2.93. The monoisotopic (exact) mass is 435 g/mol. The number of aromatic nitrogens is 1. The lowest BCUT2D eigenvalue weighted by Gasteiger charge is -2.34. The van der Waals surface area contributed by atoms with E-state index in [0.29, 0.717) is 17.4 Å². The summed E-state index contributed by atoms with van der Waals surface area (Å²) in [7, 11) is 1.53. The molecule has 1 saturated carbocycles. The molecule has 0 saturated heterocycles. The van der Waals surface area contributed by atoms with Crippen LogP contribution in [0.3, 0.4) is 0 Å². The molecule has 0 aliphatic heterocycles. The summed E-state index contributed by atoms with van der Waals surface area (Å²) < 4.78 is 34.4. The normalized spacial score (nSPS) is 20.8. The molecule has 2 rings (SSSR count). The first-order valence-electron chi connectivity index (χ1n) is 10.5. The van der Waals surface area contributed by atoms with Gasteiger partial charge in [-0.25, -0.2) is 9.98 Å². The van der Waals surface area contributed by atoms with Gasteiger partial charge in [-0.1, -0.05) is 13.0 Å². The minimum Gasteiger partial charge on any atom is -0.481 e. The summed E-state index contributed by atoms with van der Waals surface area (Å²) in [6.07, 6.45) is 9.44. The van der Waals surface area contributed by atoms with Crippen molar-refractivity contribution in [1.29, 1.82) is 0 Å². The lowest BCUT2D eigenvalue weighted by atomic mass is 9.75. The summed E-state index contributed by atoms with van der Waals surface area (Å²) in [5.41, 5.74) is 1.42. The van der Waals surface area contributed by atoms with Crippen LogP contribution in [0.25, 0.3) is 0 Å². The second kappa shape index (κ2) is 12.2. The minimum absolute atomic E-state index is 0.0627. The first kappa shape index (κ1) is 24.5. The zero-order valence-electron chi connectivity index (χ0n) is 18.3. The van der Waals surface area contributed by atoms with Crippen molar-refractivity contribution in [2.24, 2.45) is 16.8 Å². The Bertz CT molecular complexity index is 786. The summed E-state index contributed by atoms with van der Waals surface area (Å²) in [4.78, 5) is 20.3. The highest BCUT2D eigenvalue weighted by atomic mass is 19.3. The molecule has 1 aromatic heterocycles. The van der Waals surface area contributed by atoms with E-state index in [9.17, 15) is 13.6 Å². The highest BCUT2D eigenvalue weighted by Crippen LogP contribution is 2.36. The molecule has 0 radical (unpaired) electrons. The van der Waals surface area contributed by atoms with E-state index in [0.717, 1.165) is 37.7 Å². The third-order valence-corrected chi connectivity index (χ3v) is 5.77. The Hall–Kier alpha value is -2.77. The second-order valence-electron chi connectivity index (χ2n) is 7.50. The lowest BCUT2D eigenvalue weighted by Crippen LogP contribution is -2.41. The number of aliphatic imine (C=N–C) groups is 1. The first-order valence-corrected chi connectivity index (χ1v) is 10.5. The number of carbonyl (C=O) groups is 1. The molecule has 1 aromatic rings. The Morgan fingerprint density at radius 3 is 2.55 bits per heavy atom. The Morgan fingerprint density at radius 2 is 2.06 bits per heavy atom. The van der Waals surface area contributed by atoms with Gasteiger partial charge in [-0.05, 0) is 69.2 Å². The van der Waals surface area contributed by atoms with Crippen LogP contribution >= 0.6 is 0 Å². The van der Waals surface area contributed by atoms with Crippen LogP contribution < -0.4 is 10.1 Å². The number of amides is 1. The van der Waals surface area contributed by atoms with Crippen LogP contribution in [0, 0.1) is 11.8 Å². The predicted octanol–water partition coefficient (Wildman–Crippen LogP) is 5.13. The van der Waals surface area contributed by atoms with E-state index in [1.54, 1.807) is 18.2 Å². The Balaban J connectivity index is 1.96. The molecule has 8 heteroatoms.